The smallest absolute Gasteiger partial charge is 0.0679 e. The van der Waals surface area contributed by atoms with Gasteiger partial charge in [-0.2, -0.15) is 10.2 Å². The first-order valence-electron chi connectivity index (χ1n) is 7.14. The van der Waals surface area contributed by atoms with Gasteiger partial charge >= 0.3 is 0 Å². The summed E-state index contributed by atoms with van der Waals surface area (Å²) in [6.45, 7) is 8.41. The van der Waals surface area contributed by atoms with Crippen molar-refractivity contribution >= 4 is 0 Å². The lowest BCUT2D eigenvalue weighted by molar-refractivity contribution is 0.665. The Labute approximate surface area is 121 Å². The Balaban J connectivity index is 2.54. The van der Waals surface area contributed by atoms with Crippen LogP contribution in [0.1, 0.15) is 46.6 Å². The van der Waals surface area contributed by atoms with E-state index in [2.05, 4.69) is 60.6 Å². The molecule has 0 aliphatic rings. The second-order valence-electron chi connectivity index (χ2n) is 5.32. The molecule has 0 aliphatic heterocycles. The standard InChI is InChI=1S/C17H23N3/c1-6-16-15(10-13(4)19-20-16)17(18-5)14-8-7-11(2)9-12(14)3/h7-10,17-18H,6H2,1-5H3. The molecule has 0 saturated carbocycles. The van der Waals surface area contributed by atoms with Gasteiger partial charge < -0.3 is 5.32 Å². The Hall–Kier alpha value is -1.74. The number of aryl methyl sites for hydroxylation is 4. The van der Waals surface area contributed by atoms with E-state index in [1.807, 2.05) is 14.0 Å². The van der Waals surface area contributed by atoms with E-state index in [0.29, 0.717) is 0 Å². The molecule has 0 radical (unpaired) electrons. The Morgan fingerprint density at radius 1 is 1.05 bits per heavy atom. The maximum Gasteiger partial charge on any atom is 0.0679 e. The second kappa shape index (κ2) is 6.14. The summed E-state index contributed by atoms with van der Waals surface area (Å²) < 4.78 is 0. The van der Waals surface area contributed by atoms with Crippen LogP contribution in [0.5, 0.6) is 0 Å². The van der Waals surface area contributed by atoms with Gasteiger partial charge in [-0.25, -0.2) is 0 Å². The molecule has 1 unspecified atom stereocenters. The van der Waals surface area contributed by atoms with Gasteiger partial charge in [0.1, 0.15) is 0 Å². The first-order chi connectivity index (χ1) is 9.56. The van der Waals surface area contributed by atoms with Gasteiger partial charge in [0.15, 0.2) is 0 Å². The van der Waals surface area contributed by atoms with Crippen molar-refractivity contribution in [2.45, 2.75) is 40.2 Å². The number of nitrogens with one attached hydrogen (secondary N) is 1. The van der Waals surface area contributed by atoms with Crippen molar-refractivity contribution in [1.29, 1.82) is 0 Å². The minimum atomic E-state index is 0.166. The summed E-state index contributed by atoms with van der Waals surface area (Å²) in [5.41, 5.74) is 7.16. The van der Waals surface area contributed by atoms with Crippen molar-refractivity contribution in [3.05, 3.63) is 57.9 Å². The molecule has 1 N–H and O–H groups in total. The zero-order chi connectivity index (χ0) is 14.7. The highest BCUT2D eigenvalue weighted by Gasteiger charge is 2.18. The molecule has 2 aromatic rings. The van der Waals surface area contributed by atoms with Crippen LogP contribution >= 0.6 is 0 Å². The molecule has 0 aliphatic carbocycles. The molecular formula is C17H23N3. The van der Waals surface area contributed by atoms with Crippen molar-refractivity contribution in [2.75, 3.05) is 7.05 Å². The summed E-state index contributed by atoms with van der Waals surface area (Å²) in [4.78, 5) is 0. The van der Waals surface area contributed by atoms with Crippen LogP contribution in [0, 0.1) is 20.8 Å². The number of rotatable bonds is 4. The Kier molecular flexibility index (Phi) is 4.50. The average molecular weight is 269 g/mol. The van der Waals surface area contributed by atoms with Crippen LogP contribution in [0.4, 0.5) is 0 Å². The van der Waals surface area contributed by atoms with Gasteiger partial charge in [0.25, 0.3) is 0 Å². The van der Waals surface area contributed by atoms with Crippen LogP contribution in [0.15, 0.2) is 24.3 Å². The fraction of sp³-hybridized carbons (Fsp3) is 0.412. The molecule has 2 rings (SSSR count). The largest absolute Gasteiger partial charge is 0.309 e. The second-order valence-corrected chi connectivity index (χ2v) is 5.32. The molecule has 106 valence electrons. The maximum absolute atomic E-state index is 4.35. The van der Waals surface area contributed by atoms with Crippen molar-refractivity contribution in [3.63, 3.8) is 0 Å². The van der Waals surface area contributed by atoms with E-state index < -0.39 is 0 Å². The molecule has 3 heteroatoms. The Morgan fingerprint density at radius 3 is 2.40 bits per heavy atom. The van der Waals surface area contributed by atoms with Crippen LogP contribution in [-0.2, 0) is 6.42 Å². The number of benzene rings is 1. The molecule has 20 heavy (non-hydrogen) atoms. The highest BCUT2D eigenvalue weighted by atomic mass is 15.1. The normalized spacial score (nSPS) is 12.4. The summed E-state index contributed by atoms with van der Waals surface area (Å²) in [5, 5.41) is 12.0. The van der Waals surface area contributed by atoms with Crippen molar-refractivity contribution in [1.82, 2.24) is 15.5 Å². The Bertz CT molecular complexity index is 605. The van der Waals surface area contributed by atoms with Gasteiger partial charge in [-0.1, -0.05) is 30.7 Å². The van der Waals surface area contributed by atoms with Crippen molar-refractivity contribution < 1.29 is 0 Å². The number of aromatic nitrogens is 2. The summed E-state index contributed by atoms with van der Waals surface area (Å²) in [6.07, 6.45) is 0.895. The zero-order valence-electron chi connectivity index (χ0n) is 13.0. The van der Waals surface area contributed by atoms with Crippen LogP contribution in [0.2, 0.25) is 0 Å². The predicted octanol–water partition coefficient (Wildman–Crippen LogP) is 3.27. The van der Waals surface area contributed by atoms with Gasteiger partial charge in [-0.3, -0.25) is 0 Å². The summed E-state index contributed by atoms with van der Waals surface area (Å²) >= 11 is 0. The third-order valence-corrected chi connectivity index (χ3v) is 3.70. The number of hydrogen-bond acceptors (Lipinski definition) is 3. The quantitative estimate of drug-likeness (QED) is 0.925. The highest BCUT2D eigenvalue weighted by Crippen LogP contribution is 2.27. The molecule has 0 fully saturated rings. The fourth-order valence-corrected chi connectivity index (χ4v) is 2.69. The molecule has 1 atom stereocenters. The monoisotopic (exact) mass is 269 g/mol. The lowest BCUT2D eigenvalue weighted by atomic mass is 9.92. The summed E-state index contributed by atoms with van der Waals surface area (Å²) in [7, 11) is 2.00. The van der Waals surface area contributed by atoms with E-state index in [0.717, 1.165) is 17.8 Å². The Morgan fingerprint density at radius 2 is 1.80 bits per heavy atom. The van der Waals surface area contributed by atoms with Gasteiger partial charge in [0.05, 0.1) is 17.4 Å². The molecule has 1 aromatic carbocycles. The SMILES string of the molecule is CCc1nnc(C)cc1C(NC)c1ccc(C)cc1C. The lowest BCUT2D eigenvalue weighted by Gasteiger charge is -2.22. The fourth-order valence-electron chi connectivity index (χ4n) is 2.69. The number of hydrogen-bond donors (Lipinski definition) is 1. The third kappa shape index (κ3) is 2.88. The van der Waals surface area contributed by atoms with Crippen LogP contribution in [-0.4, -0.2) is 17.2 Å². The van der Waals surface area contributed by atoms with E-state index in [1.54, 1.807) is 0 Å². The van der Waals surface area contributed by atoms with Crippen LogP contribution in [0.25, 0.3) is 0 Å². The summed E-state index contributed by atoms with van der Waals surface area (Å²) in [5.74, 6) is 0. The van der Waals surface area contributed by atoms with E-state index in [9.17, 15) is 0 Å². The maximum atomic E-state index is 4.35. The molecule has 0 bridgehead atoms. The van der Waals surface area contributed by atoms with Gasteiger partial charge in [0.2, 0.25) is 0 Å². The molecular weight excluding hydrogens is 246 g/mol. The molecule has 0 spiro atoms. The molecule has 3 nitrogen and oxygen atoms in total. The third-order valence-electron chi connectivity index (χ3n) is 3.70. The van der Waals surface area contributed by atoms with E-state index in [4.69, 9.17) is 0 Å². The number of nitrogens with zero attached hydrogens (tertiary/aromatic N) is 2. The molecule has 1 aromatic heterocycles. The molecule has 1 heterocycles. The van der Waals surface area contributed by atoms with Crippen molar-refractivity contribution in [2.24, 2.45) is 0 Å². The minimum absolute atomic E-state index is 0.166. The highest BCUT2D eigenvalue weighted by molar-refractivity contribution is 5.40. The topological polar surface area (TPSA) is 37.8 Å². The van der Waals surface area contributed by atoms with Gasteiger partial charge in [0, 0.05) is 0 Å². The first-order valence-corrected chi connectivity index (χ1v) is 7.14. The van der Waals surface area contributed by atoms with Crippen molar-refractivity contribution in [3.8, 4) is 0 Å². The zero-order valence-corrected chi connectivity index (χ0v) is 13.0. The van der Waals surface area contributed by atoms with E-state index in [-0.39, 0.29) is 6.04 Å². The minimum Gasteiger partial charge on any atom is -0.309 e. The average Bonchev–Trinajstić information content (AvgIpc) is 2.42. The predicted molar refractivity (Wildman–Crippen MR) is 83.0 cm³/mol. The van der Waals surface area contributed by atoms with Crippen LogP contribution in [0.3, 0.4) is 0 Å². The van der Waals surface area contributed by atoms with Gasteiger partial charge in [-0.15, -0.1) is 0 Å². The lowest BCUT2D eigenvalue weighted by Crippen LogP contribution is -2.21. The molecule has 0 saturated heterocycles. The van der Waals surface area contributed by atoms with Gasteiger partial charge in [-0.05, 0) is 57.0 Å². The molecule has 0 amide bonds. The first kappa shape index (κ1) is 14.7. The summed E-state index contributed by atoms with van der Waals surface area (Å²) in [6, 6.07) is 8.92. The van der Waals surface area contributed by atoms with E-state index >= 15 is 0 Å². The van der Waals surface area contributed by atoms with E-state index in [1.165, 1.54) is 22.3 Å². The van der Waals surface area contributed by atoms with Crippen LogP contribution < -0.4 is 5.32 Å².